The first-order valence-corrected chi connectivity index (χ1v) is 7.05. The first-order valence-electron chi connectivity index (χ1n) is 7.05. The lowest BCUT2D eigenvalue weighted by Crippen LogP contribution is -2.50. The molecule has 4 heteroatoms. The summed E-state index contributed by atoms with van der Waals surface area (Å²) in [7, 11) is 3.50. The van der Waals surface area contributed by atoms with Crippen LogP contribution in [0.1, 0.15) is 46.0 Å². The van der Waals surface area contributed by atoms with Gasteiger partial charge in [-0.25, -0.2) is 0 Å². The Labute approximate surface area is 111 Å². The van der Waals surface area contributed by atoms with E-state index < -0.39 is 5.60 Å². The Kier molecular flexibility index (Phi) is 5.60. The summed E-state index contributed by atoms with van der Waals surface area (Å²) < 4.78 is 0. The van der Waals surface area contributed by atoms with Crippen LogP contribution in [0.3, 0.4) is 0 Å². The van der Waals surface area contributed by atoms with E-state index in [1.807, 2.05) is 6.92 Å². The molecule has 0 heterocycles. The van der Waals surface area contributed by atoms with Crippen molar-refractivity contribution in [3.05, 3.63) is 0 Å². The summed E-state index contributed by atoms with van der Waals surface area (Å²) in [5.74, 6) is 0.826. The number of aliphatic hydroxyl groups is 1. The second-order valence-corrected chi connectivity index (χ2v) is 5.91. The zero-order valence-electron chi connectivity index (χ0n) is 12.2. The fourth-order valence-electron chi connectivity index (χ4n) is 2.62. The standard InChI is InChI=1S/C14H28N2O2/c1-5-12-6-8-14(18,9-7-12)10-15-11(2)13(17)16(3)4/h11-12,15,18H,5-10H2,1-4H3. The molecule has 0 radical (unpaired) electrons. The van der Waals surface area contributed by atoms with Gasteiger partial charge < -0.3 is 15.3 Å². The SMILES string of the molecule is CCC1CCC(O)(CNC(C)C(=O)N(C)C)CC1. The molecule has 0 spiro atoms. The molecule has 1 fully saturated rings. The third-order valence-electron chi connectivity index (χ3n) is 4.16. The third kappa shape index (κ3) is 4.25. The van der Waals surface area contributed by atoms with Crippen molar-refractivity contribution >= 4 is 5.91 Å². The monoisotopic (exact) mass is 256 g/mol. The van der Waals surface area contributed by atoms with Crippen molar-refractivity contribution in [2.45, 2.75) is 57.6 Å². The number of likely N-dealkylation sites (N-methyl/N-ethyl adjacent to an activating group) is 1. The minimum atomic E-state index is -0.619. The molecule has 0 bridgehead atoms. The van der Waals surface area contributed by atoms with E-state index in [4.69, 9.17) is 0 Å². The number of carbonyl (C=O) groups is 1. The zero-order valence-corrected chi connectivity index (χ0v) is 12.2. The van der Waals surface area contributed by atoms with Gasteiger partial charge in [0.15, 0.2) is 0 Å². The van der Waals surface area contributed by atoms with Crippen LogP contribution in [0, 0.1) is 5.92 Å². The Hall–Kier alpha value is -0.610. The van der Waals surface area contributed by atoms with Crippen LogP contribution in [-0.4, -0.2) is 48.2 Å². The summed E-state index contributed by atoms with van der Waals surface area (Å²) in [4.78, 5) is 13.3. The molecule has 1 saturated carbocycles. The maximum atomic E-state index is 11.7. The van der Waals surface area contributed by atoms with Crippen molar-refractivity contribution in [3.8, 4) is 0 Å². The summed E-state index contributed by atoms with van der Waals surface area (Å²) in [6.45, 7) is 4.58. The Morgan fingerprint density at radius 1 is 1.44 bits per heavy atom. The second kappa shape index (κ2) is 6.53. The van der Waals surface area contributed by atoms with Gasteiger partial charge in [-0.3, -0.25) is 4.79 Å². The lowest BCUT2D eigenvalue weighted by atomic mass is 9.78. The fourth-order valence-corrected chi connectivity index (χ4v) is 2.62. The summed E-state index contributed by atoms with van der Waals surface area (Å²) in [5, 5.41) is 13.6. The molecule has 0 aliphatic heterocycles. The first kappa shape index (κ1) is 15.4. The molecule has 0 aromatic carbocycles. The number of hydrogen-bond donors (Lipinski definition) is 2. The lowest BCUT2D eigenvalue weighted by molar-refractivity contribution is -0.130. The van der Waals surface area contributed by atoms with E-state index in [1.54, 1.807) is 19.0 Å². The van der Waals surface area contributed by atoms with Crippen molar-refractivity contribution in [2.24, 2.45) is 5.92 Å². The molecular formula is C14H28N2O2. The molecule has 1 rings (SSSR count). The molecule has 4 nitrogen and oxygen atoms in total. The predicted octanol–water partition coefficient (Wildman–Crippen LogP) is 1.38. The molecule has 1 unspecified atom stereocenters. The number of hydrogen-bond acceptors (Lipinski definition) is 3. The molecule has 1 atom stereocenters. The third-order valence-corrected chi connectivity index (χ3v) is 4.16. The highest BCUT2D eigenvalue weighted by atomic mass is 16.3. The van der Waals surface area contributed by atoms with Crippen LogP contribution >= 0.6 is 0 Å². The van der Waals surface area contributed by atoms with E-state index in [-0.39, 0.29) is 11.9 Å². The van der Waals surface area contributed by atoms with E-state index in [2.05, 4.69) is 12.2 Å². The van der Waals surface area contributed by atoms with Gasteiger partial charge in [0, 0.05) is 20.6 Å². The van der Waals surface area contributed by atoms with E-state index in [1.165, 1.54) is 6.42 Å². The molecule has 0 aromatic rings. The van der Waals surface area contributed by atoms with Crippen LogP contribution in [0.5, 0.6) is 0 Å². The Morgan fingerprint density at radius 3 is 2.44 bits per heavy atom. The molecule has 106 valence electrons. The van der Waals surface area contributed by atoms with E-state index >= 15 is 0 Å². The van der Waals surface area contributed by atoms with E-state index in [0.29, 0.717) is 6.54 Å². The molecule has 1 aliphatic carbocycles. The molecular weight excluding hydrogens is 228 g/mol. The maximum Gasteiger partial charge on any atom is 0.238 e. The van der Waals surface area contributed by atoms with Gasteiger partial charge in [-0.1, -0.05) is 13.3 Å². The van der Waals surface area contributed by atoms with Gasteiger partial charge in [-0.2, -0.15) is 0 Å². The Bertz CT molecular complexity index is 271. The number of rotatable bonds is 5. The fraction of sp³-hybridized carbons (Fsp3) is 0.929. The summed E-state index contributed by atoms with van der Waals surface area (Å²) >= 11 is 0. The average Bonchev–Trinajstić information content (AvgIpc) is 2.36. The van der Waals surface area contributed by atoms with Crippen LogP contribution in [0.25, 0.3) is 0 Å². The number of amides is 1. The van der Waals surface area contributed by atoms with Crippen molar-refractivity contribution in [1.29, 1.82) is 0 Å². The molecule has 18 heavy (non-hydrogen) atoms. The highest BCUT2D eigenvalue weighted by molar-refractivity contribution is 5.80. The van der Waals surface area contributed by atoms with E-state index in [9.17, 15) is 9.90 Å². The van der Waals surface area contributed by atoms with Crippen molar-refractivity contribution < 1.29 is 9.90 Å². The number of nitrogens with zero attached hydrogens (tertiary/aromatic N) is 1. The molecule has 1 amide bonds. The maximum absolute atomic E-state index is 11.7. The Balaban J connectivity index is 2.37. The van der Waals surface area contributed by atoms with Crippen LogP contribution in [-0.2, 0) is 4.79 Å². The molecule has 0 aromatic heterocycles. The van der Waals surface area contributed by atoms with Crippen LogP contribution in [0.2, 0.25) is 0 Å². The van der Waals surface area contributed by atoms with Crippen LogP contribution < -0.4 is 5.32 Å². The average molecular weight is 256 g/mol. The summed E-state index contributed by atoms with van der Waals surface area (Å²) in [6.07, 6.45) is 5.11. The van der Waals surface area contributed by atoms with Crippen LogP contribution in [0.4, 0.5) is 0 Å². The minimum Gasteiger partial charge on any atom is -0.389 e. The highest BCUT2D eigenvalue weighted by Gasteiger charge is 2.33. The number of carbonyl (C=O) groups excluding carboxylic acids is 1. The molecule has 0 saturated heterocycles. The topological polar surface area (TPSA) is 52.6 Å². The quantitative estimate of drug-likeness (QED) is 0.781. The van der Waals surface area contributed by atoms with Gasteiger partial charge in [0.25, 0.3) is 0 Å². The zero-order chi connectivity index (χ0) is 13.8. The molecule has 1 aliphatic rings. The van der Waals surface area contributed by atoms with Crippen LogP contribution in [0.15, 0.2) is 0 Å². The van der Waals surface area contributed by atoms with Gasteiger partial charge in [-0.05, 0) is 38.5 Å². The highest BCUT2D eigenvalue weighted by Crippen LogP contribution is 2.33. The van der Waals surface area contributed by atoms with Crippen molar-refractivity contribution in [3.63, 3.8) is 0 Å². The van der Waals surface area contributed by atoms with Gasteiger partial charge in [0.05, 0.1) is 11.6 Å². The predicted molar refractivity (Wildman–Crippen MR) is 73.4 cm³/mol. The number of nitrogens with one attached hydrogen (secondary N) is 1. The Morgan fingerprint density at radius 2 is 2.00 bits per heavy atom. The smallest absolute Gasteiger partial charge is 0.238 e. The van der Waals surface area contributed by atoms with Gasteiger partial charge in [0.2, 0.25) is 5.91 Å². The summed E-state index contributed by atoms with van der Waals surface area (Å²) in [6, 6.07) is -0.229. The van der Waals surface area contributed by atoms with Crippen molar-refractivity contribution in [1.82, 2.24) is 10.2 Å². The minimum absolute atomic E-state index is 0.0563. The largest absolute Gasteiger partial charge is 0.389 e. The van der Waals surface area contributed by atoms with Gasteiger partial charge in [0.1, 0.15) is 0 Å². The normalized spacial score (nSPS) is 29.9. The van der Waals surface area contributed by atoms with Gasteiger partial charge >= 0.3 is 0 Å². The molecule has 2 N–H and O–H groups in total. The second-order valence-electron chi connectivity index (χ2n) is 5.91. The lowest BCUT2D eigenvalue weighted by Gasteiger charge is -2.36. The van der Waals surface area contributed by atoms with E-state index in [0.717, 1.165) is 31.6 Å². The summed E-state index contributed by atoms with van der Waals surface area (Å²) in [5.41, 5.74) is -0.619. The van der Waals surface area contributed by atoms with Gasteiger partial charge in [-0.15, -0.1) is 0 Å². The van der Waals surface area contributed by atoms with Crippen molar-refractivity contribution in [2.75, 3.05) is 20.6 Å². The first-order chi connectivity index (χ1) is 8.38.